The Morgan fingerprint density at radius 1 is 0.788 bits per heavy atom. The second-order valence-corrected chi connectivity index (χ2v) is 15.0. The third-order valence-electron chi connectivity index (χ3n) is 9.38. The van der Waals surface area contributed by atoms with Crippen LogP contribution in [0.3, 0.4) is 0 Å². The first-order chi connectivity index (χ1) is 24.8. The zero-order valence-corrected chi connectivity index (χ0v) is 33.1. The average Bonchev–Trinajstić information content (AvgIpc) is 3.59. The van der Waals surface area contributed by atoms with Crippen molar-refractivity contribution >= 4 is 35.4 Å². The van der Waals surface area contributed by atoms with Gasteiger partial charge in [-0.25, -0.2) is 5.90 Å². The van der Waals surface area contributed by atoms with Crippen LogP contribution in [0.1, 0.15) is 144 Å². The Hall–Kier alpha value is -3.26. The van der Waals surface area contributed by atoms with Crippen LogP contribution < -0.4 is 27.2 Å². The van der Waals surface area contributed by atoms with E-state index >= 15 is 0 Å². The molecule has 0 aliphatic carbocycles. The van der Waals surface area contributed by atoms with Gasteiger partial charge in [0.05, 0.1) is 13.1 Å². The molecule has 0 radical (unpaired) electrons. The maximum atomic E-state index is 13.2. The van der Waals surface area contributed by atoms with Gasteiger partial charge in [-0.1, -0.05) is 112 Å². The van der Waals surface area contributed by atoms with Crippen molar-refractivity contribution in [2.24, 2.45) is 17.7 Å². The molecular weight excluding hydrogens is 666 g/mol. The molecule has 1 aliphatic heterocycles. The zero-order chi connectivity index (χ0) is 38.9. The lowest BCUT2D eigenvalue weighted by Gasteiger charge is -2.29. The van der Waals surface area contributed by atoms with Gasteiger partial charge < -0.3 is 31.1 Å². The first kappa shape index (κ1) is 46.8. The number of nitrogens with one attached hydrogen (secondary N) is 4. The minimum absolute atomic E-state index is 0.0676. The number of carbonyl (C=O) groups excluding carboxylic acids is 6. The summed E-state index contributed by atoms with van der Waals surface area (Å²) >= 11 is 0. The normalized spacial score (nSPS) is 15.3. The van der Waals surface area contributed by atoms with Crippen molar-refractivity contribution in [3.05, 3.63) is 0 Å². The Morgan fingerprint density at radius 3 is 1.90 bits per heavy atom. The number of unbranched alkanes of at least 4 members (excludes halogenated alkanes) is 12. The Balaban J connectivity index is 2.48. The number of rotatable bonds is 28. The number of likely N-dealkylation sites (tertiary alicyclic amines) is 1. The summed E-state index contributed by atoms with van der Waals surface area (Å²) in [7, 11) is 0. The smallest absolute Gasteiger partial charge is 0.245 e. The van der Waals surface area contributed by atoms with Crippen LogP contribution in [0, 0.1) is 11.8 Å². The fraction of sp³-hybridized carbons (Fsp3) is 0.842. The van der Waals surface area contributed by atoms with Gasteiger partial charge in [0.1, 0.15) is 24.9 Å². The number of amides is 6. The lowest BCUT2D eigenvalue weighted by molar-refractivity contribution is -0.142. The first-order valence-electron chi connectivity index (χ1n) is 19.9. The van der Waals surface area contributed by atoms with Crippen molar-refractivity contribution in [3.63, 3.8) is 0 Å². The van der Waals surface area contributed by atoms with E-state index in [0.29, 0.717) is 32.4 Å². The number of nitrogens with zero attached hydrogens (tertiary/aromatic N) is 2. The molecule has 3 unspecified atom stereocenters. The molecule has 52 heavy (non-hydrogen) atoms. The van der Waals surface area contributed by atoms with Crippen molar-refractivity contribution in [3.8, 4) is 0 Å². The molecule has 0 aromatic heterocycles. The van der Waals surface area contributed by atoms with E-state index < -0.39 is 47.7 Å². The molecule has 6 N–H and O–H groups in total. The summed E-state index contributed by atoms with van der Waals surface area (Å²) in [6.07, 6.45) is 17.4. The van der Waals surface area contributed by atoms with E-state index in [4.69, 9.17) is 5.90 Å². The highest BCUT2D eigenvalue weighted by Gasteiger charge is 2.37. The Labute approximate surface area is 312 Å². The standard InChI is InChI=1S/C38H71N7O7/c1-7-8-9-10-11-12-13-14-15-16-17-18-19-22-34(48)44(25-28(2)3)26-33(47)40-24-32(46)43-35(29(4)5)37(50)42-30(6)38(51)45-23-20-21-31(45)36(49)41-27-52-39/h28-31,35H,7-27,39H2,1-6H3,(H,40,47)(H,41,49)(H,42,50)(H,43,46). The van der Waals surface area contributed by atoms with Crippen LogP contribution in [0.2, 0.25) is 0 Å². The van der Waals surface area contributed by atoms with E-state index in [9.17, 15) is 28.8 Å². The van der Waals surface area contributed by atoms with Crippen LogP contribution in [0.15, 0.2) is 0 Å². The largest absolute Gasteiger partial charge is 0.345 e. The number of nitrogens with two attached hydrogens (primary N) is 1. The van der Waals surface area contributed by atoms with Gasteiger partial charge in [-0.15, -0.1) is 0 Å². The van der Waals surface area contributed by atoms with Crippen LogP contribution in [-0.4, -0.2) is 96.3 Å². The van der Waals surface area contributed by atoms with E-state index in [1.165, 1.54) is 76.0 Å². The molecule has 1 rings (SSSR count). The molecule has 1 saturated heterocycles. The molecule has 0 aromatic carbocycles. The third-order valence-corrected chi connectivity index (χ3v) is 9.38. The van der Waals surface area contributed by atoms with Crippen LogP contribution in [-0.2, 0) is 33.6 Å². The highest BCUT2D eigenvalue weighted by Crippen LogP contribution is 2.19. The van der Waals surface area contributed by atoms with Crippen molar-refractivity contribution in [1.82, 2.24) is 31.1 Å². The van der Waals surface area contributed by atoms with Crippen molar-refractivity contribution in [2.75, 3.05) is 32.9 Å². The van der Waals surface area contributed by atoms with Gasteiger partial charge in [-0.05, 0) is 38.0 Å². The van der Waals surface area contributed by atoms with E-state index in [-0.39, 0.29) is 37.6 Å². The van der Waals surface area contributed by atoms with E-state index in [2.05, 4.69) is 33.0 Å². The summed E-state index contributed by atoms with van der Waals surface area (Å²) < 4.78 is 0. The van der Waals surface area contributed by atoms with Gasteiger partial charge in [0.15, 0.2) is 0 Å². The molecule has 14 nitrogen and oxygen atoms in total. The maximum Gasteiger partial charge on any atom is 0.245 e. The predicted molar refractivity (Wildman–Crippen MR) is 202 cm³/mol. The summed E-state index contributed by atoms with van der Waals surface area (Å²) in [5, 5.41) is 10.4. The molecule has 0 spiro atoms. The van der Waals surface area contributed by atoms with Crippen LogP contribution in [0.4, 0.5) is 0 Å². The molecule has 3 atom stereocenters. The molecule has 14 heteroatoms. The molecule has 6 amide bonds. The van der Waals surface area contributed by atoms with Crippen molar-refractivity contribution in [2.45, 2.75) is 162 Å². The predicted octanol–water partition coefficient (Wildman–Crippen LogP) is 3.67. The molecule has 0 bridgehead atoms. The zero-order valence-electron chi connectivity index (χ0n) is 33.1. The molecular formula is C38H71N7O7. The number of hydrogen-bond acceptors (Lipinski definition) is 8. The quantitative estimate of drug-likeness (QED) is 0.0456. The Bertz CT molecular complexity index is 1090. The lowest BCUT2D eigenvalue weighted by atomic mass is 10.0. The van der Waals surface area contributed by atoms with E-state index in [1.54, 1.807) is 18.7 Å². The van der Waals surface area contributed by atoms with Gasteiger partial charge in [0.25, 0.3) is 0 Å². The van der Waals surface area contributed by atoms with Gasteiger partial charge >= 0.3 is 0 Å². The molecule has 1 aliphatic rings. The van der Waals surface area contributed by atoms with Crippen LogP contribution in [0.25, 0.3) is 0 Å². The Kier molecular flexibility index (Phi) is 24.6. The van der Waals surface area contributed by atoms with Crippen LogP contribution in [0.5, 0.6) is 0 Å². The monoisotopic (exact) mass is 738 g/mol. The summed E-state index contributed by atoms with van der Waals surface area (Å²) in [6.45, 7) is 11.3. The maximum absolute atomic E-state index is 13.2. The Morgan fingerprint density at radius 2 is 1.37 bits per heavy atom. The second-order valence-electron chi connectivity index (χ2n) is 15.0. The summed E-state index contributed by atoms with van der Waals surface area (Å²) in [4.78, 5) is 84.8. The summed E-state index contributed by atoms with van der Waals surface area (Å²) in [6, 6.07) is -2.62. The highest BCUT2D eigenvalue weighted by molar-refractivity contribution is 5.95. The van der Waals surface area contributed by atoms with Crippen molar-refractivity contribution in [1.29, 1.82) is 0 Å². The number of hydrogen-bond donors (Lipinski definition) is 5. The average molecular weight is 738 g/mol. The topological polar surface area (TPSA) is 192 Å². The SMILES string of the molecule is CCCCCCCCCCCCCCCC(=O)N(CC(=O)NCC(=O)NC(C(=O)NC(C)C(=O)N1CCCC1C(=O)NCON)C(C)C)CC(C)C. The van der Waals surface area contributed by atoms with Gasteiger partial charge in [-0.3, -0.25) is 33.6 Å². The second kappa shape index (κ2) is 27.4. The van der Waals surface area contributed by atoms with E-state index in [0.717, 1.165) is 19.3 Å². The number of carbonyl (C=O) groups is 6. The lowest BCUT2D eigenvalue weighted by Crippen LogP contribution is -2.57. The van der Waals surface area contributed by atoms with Gasteiger partial charge in [0, 0.05) is 19.5 Å². The fourth-order valence-electron chi connectivity index (χ4n) is 6.46. The molecule has 0 saturated carbocycles. The van der Waals surface area contributed by atoms with Gasteiger partial charge in [-0.2, -0.15) is 0 Å². The summed E-state index contributed by atoms with van der Waals surface area (Å²) in [5.41, 5.74) is 0. The third kappa shape index (κ3) is 19.5. The molecule has 300 valence electrons. The van der Waals surface area contributed by atoms with E-state index in [1.807, 2.05) is 13.8 Å². The highest BCUT2D eigenvalue weighted by atomic mass is 16.6. The minimum atomic E-state index is -0.974. The molecule has 1 heterocycles. The molecule has 1 fully saturated rings. The van der Waals surface area contributed by atoms with Crippen molar-refractivity contribution < 1.29 is 33.6 Å². The molecule has 0 aromatic rings. The first-order valence-corrected chi connectivity index (χ1v) is 19.9. The van der Waals surface area contributed by atoms with Gasteiger partial charge in [0.2, 0.25) is 35.4 Å². The van der Waals surface area contributed by atoms with Crippen LogP contribution >= 0.6 is 0 Å². The fourth-order valence-corrected chi connectivity index (χ4v) is 6.46. The minimum Gasteiger partial charge on any atom is -0.345 e. The summed E-state index contributed by atoms with van der Waals surface area (Å²) in [5.74, 6) is 2.35.